The molecule has 6 nitrogen and oxygen atoms in total. The number of hydrogen-bond acceptors (Lipinski definition) is 6. The van der Waals surface area contributed by atoms with Gasteiger partial charge in [-0.2, -0.15) is 8.42 Å². The van der Waals surface area contributed by atoms with Gasteiger partial charge in [0.05, 0.1) is 6.61 Å². The number of benzene rings is 1. The predicted octanol–water partition coefficient (Wildman–Crippen LogP) is 2.46. The highest BCUT2D eigenvalue weighted by Crippen LogP contribution is 2.31. The van der Waals surface area contributed by atoms with Crippen molar-refractivity contribution >= 4 is 10.1 Å². The highest BCUT2D eigenvalue weighted by molar-refractivity contribution is 7.87. The van der Waals surface area contributed by atoms with Crippen molar-refractivity contribution in [3.8, 4) is 11.5 Å². The summed E-state index contributed by atoms with van der Waals surface area (Å²) in [6.45, 7) is 5.27. The maximum Gasteiger partial charge on any atom is 0.344 e. The van der Waals surface area contributed by atoms with Crippen molar-refractivity contribution in [3.05, 3.63) is 35.7 Å². The SMILES string of the molecule is CCOc1ccccc1OS(=O)(=O)c1c(C)noc1C. The molecule has 0 N–H and O–H groups in total. The van der Waals surface area contributed by atoms with E-state index >= 15 is 0 Å². The molecule has 108 valence electrons. The number of nitrogens with zero attached hydrogens (tertiary/aromatic N) is 1. The van der Waals surface area contributed by atoms with Crippen LogP contribution in [0.4, 0.5) is 0 Å². The Morgan fingerprint density at radius 2 is 1.85 bits per heavy atom. The van der Waals surface area contributed by atoms with Crippen molar-refractivity contribution in [2.24, 2.45) is 0 Å². The van der Waals surface area contributed by atoms with E-state index in [0.717, 1.165) is 0 Å². The smallest absolute Gasteiger partial charge is 0.344 e. The zero-order valence-corrected chi connectivity index (χ0v) is 12.2. The predicted molar refractivity (Wildman–Crippen MR) is 71.4 cm³/mol. The lowest BCUT2D eigenvalue weighted by atomic mass is 10.3. The Bertz CT molecular complexity index is 686. The molecule has 0 atom stereocenters. The first-order valence-electron chi connectivity index (χ1n) is 6.05. The van der Waals surface area contributed by atoms with Gasteiger partial charge in [-0.25, -0.2) is 0 Å². The number of aryl methyl sites for hydroxylation is 2. The summed E-state index contributed by atoms with van der Waals surface area (Å²) in [5.41, 5.74) is 0.261. The van der Waals surface area contributed by atoms with Gasteiger partial charge in [-0.15, -0.1) is 0 Å². The van der Waals surface area contributed by atoms with Crippen LogP contribution in [0.15, 0.2) is 33.7 Å². The average molecular weight is 297 g/mol. The molecule has 0 saturated heterocycles. The topological polar surface area (TPSA) is 78.6 Å². The monoisotopic (exact) mass is 297 g/mol. The second kappa shape index (κ2) is 5.54. The van der Waals surface area contributed by atoms with E-state index in [9.17, 15) is 8.42 Å². The summed E-state index contributed by atoms with van der Waals surface area (Å²) in [6, 6.07) is 6.57. The Hall–Kier alpha value is -2.02. The quantitative estimate of drug-likeness (QED) is 0.789. The van der Waals surface area contributed by atoms with Crippen LogP contribution in [0.25, 0.3) is 0 Å². The summed E-state index contributed by atoms with van der Waals surface area (Å²) in [5.74, 6) is 0.691. The third kappa shape index (κ3) is 2.77. The van der Waals surface area contributed by atoms with Crippen LogP contribution in [0.5, 0.6) is 11.5 Å². The minimum Gasteiger partial charge on any atom is -0.490 e. The first kappa shape index (κ1) is 14.4. The molecule has 0 radical (unpaired) electrons. The first-order chi connectivity index (χ1) is 9.45. The van der Waals surface area contributed by atoms with Gasteiger partial charge in [0.2, 0.25) is 0 Å². The molecule has 0 amide bonds. The molecule has 0 saturated carbocycles. The number of aromatic nitrogens is 1. The molecule has 1 aromatic heterocycles. The molecule has 0 bridgehead atoms. The lowest BCUT2D eigenvalue weighted by molar-refractivity contribution is 0.327. The summed E-state index contributed by atoms with van der Waals surface area (Å²) in [4.78, 5) is -0.0520. The molecule has 0 aliphatic heterocycles. The van der Waals surface area contributed by atoms with Gasteiger partial charge in [-0.05, 0) is 32.9 Å². The summed E-state index contributed by atoms with van der Waals surface area (Å²) in [7, 11) is -4.01. The fourth-order valence-electron chi connectivity index (χ4n) is 1.79. The largest absolute Gasteiger partial charge is 0.490 e. The molecule has 0 unspecified atom stereocenters. The molecule has 0 aliphatic rings. The molecule has 7 heteroatoms. The van der Waals surface area contributed by atoms with Gasteiger partial charge in [0.15, 0.2) is 22.2 Å². The van der Waals surface area contributed by atoms with Crippen molar-refractivity contribution in [3.63, 3.8) is 0 Å². The zero-order chi connectivity index (χ0) is 14.8. The van der Waals surface area contributed by atoms with Crippen molar-refractivity contribution in [1.29, 1.82) is 0 Å². The third-order valence-electron chi connectivity index (χ3n) is 2.57. The second-order valence-corrected chi connectivity index (χ2v) is 5.55. The van der Waals surface area contributed by atoms with Crippen LogP contribution in [0, 0.1) is 13.8 Å². The van der Waals surface area contributed by atoms with E-state index in [1.54, 1.807) is 32.0 Å². The normalized spacial score (nSPS) is 11.3. The molecule has 1 heterocycles. The molecule has 0 fully saturated rings. The van der Waals surface area contributed by atoms with Crippen LogP contribution in [0.1, 0.15) is 18.4 Å². The van der Waals surface area contributed by atoms with E-state index < -0.39 is 10.1 Å². The standard InChI is InChI=1S/C13H15NO5S/c1-4-17-11-7-5-6-8-12(11)19-20(15,16)13-9(2)14-18-10(13)3/h5-8H,4H2,1-3H3. The Morgan fingerprint density at radius 3 is 2.40 bits per heavy atom. The Kier molecular flexibility index (Phi) is 3.99. The summed E-state index contributed by atoms with van der Waals surface area (Å²) in [6.07, 6.45) is 0. The number of para-hydroxylation sites is 2. The zero-order valence-electron chi connectivity index (χ0n) is 11.4. The highest BCUT2D eigenvalue weighted by atomic mass is 32.2. The second-order valence-electron chi connectivity index (χ2n) is 4.07. The fourth-order valence-corrected chi connectivity index (χ4v) is 3.03. The molecular weight excluding hydrogens is 282 g/mol. The Labute approximate surface area is 117 Å². The minimum atomic E-state index is -4.01. The Balaban J connectivity index is 2.39. The molecule has 0 aliphatic carbocycles. The number of hydrogen-bond donors (Lipinski definition) is 0. The van der Waals surface area contributed by atoms with E-state index in [0.29, 0.717) is 12.4 Å². The molecule has 0 spiro atoms. The summed E-state index contributed by atoms with van der Waals surface area (Å²) < 4.78 is 39.9. The maximum absolute atomic E-state index is 12.3. The van der Waals surface area contributed by atoms with Crippen LogP contribution in [0.2, 0.25) is 0 Å². The van der Waals surface area contributed by atoms with Gasteiger partial charge in [-0.3, -0.25) is 0 Å². The lowest BCUT2D eigenvalue weighted by Gasteiger charge is -2.11. The molecule has 1 aromatic carbocycles. The fraction of sp³-hybridized carbons (Fsp3) is 0.308. The minimum absolute atomic E-state index is 0.0520. The molecule has 2 rings (SSSR count). The van der Waals surface area contributed by atoms with Gasteiger partial charge in [-0.1, -0.05) is 17.3 Å². The number of rotatable bonds is 5. The third-order valence-corrected chi connectivity index (χ3v) is 4.05. The van der Waals surface area contributed by atoms with Crippen molar-refractivity contribution in [2.75, 3.05) is 6.61 Å². The van der Waals surface area contributed by atoms with E-state index in [2.05, 4.69) is 5.16 Å². The van der Waals surface area contributed by atoms with E-state index in [1.807, 2.05) is 0 Å². The van der Waals surface area contributed by atoms with Gasteiger partial charge in [0.1, 0.15) is 5.69 Å². The van der Waals surface area contributed by atoms with E-state index in [-0.39, 0.29) is 22.1 Å². The van der Waals surface area contributed by atoms with Gasteiger partial charge >= 0.3 is 10.1 Å². The van der Waals surface area contributed by atoms with Gasteiger partial charge in [0.25, 0.3) is 0 Å². The summed E-state index contributed by atoms with van der Waals surface area (Å²) in [5, 5.41) is 3.62. The van der Waals surface area contributed by atoms with Crippen molar-refractivity contribution in [2.45, 2.75) is 25.7 Å². The van der Waals surface area contributed by atoms with Gasteiger partial charge in [0, 0.05) is 0 Å². The molecule has 20 heavy (non-hydrogen) atoms. The molecular formula is C13H15NO5S. The average Bonchev–Trinajstić information content (AvgIpc) is 2.72. The van der Waals surface area contributed by atoms with Gasteiger partial charge < -0.3 is 13.4 Å². The highest BCUT2D eigenvalue weighted by Gasteiger charge is 2.27. The summed E-state index contributed by atoms with van der Waals surface area (Å²) >= 11 is 0. The van der Waals surface area contributed by atoms with E-state index in [1.165, 1.54) is 13.0 Å². The van der Waals surface area contributed by atoms with Crippen molar-refractivity contribution in [1.82, 2.24) is 5.16 Å². The lowest BCUT2D eigenvalue weighted by Crippen LogP contribution is -2.12. The van der Waals surface area contributed by atoms with Crippen LogP contribution >= 0.6 is 0 Å². The van der Waals surface area contributed by atoms with Crippen LogP contribution in [-0.4, -0.2) is 20.2 Å². The maximum atomic E-state index is 12.3. The molecule has 2 aromatic rings. The van der Waals surface area contributed by atoms with Crippen LogP contribution in [0.3, 0.4) is 0 Å². The number of ether oxygens (including phenoxy) is 1. The van der Waals surface area contributed by atoms with Crippen LogP contribution in [-0.2, 0) is 10.1 Å². The van der Waals surface area contributed by atoms with Crippen LogP contribution < -0.4 is 8.92 Å². The Morgan fingerprint density at radius 1 is 1.20 bits per heavy atom. The van der Waals surface area contributed by atoms with E-state index in [4.69, 9.17) is 13.4 Å². The first-order valence-corrected chi connectivity index (χ1v) is 7.45. The van der Waals surface area contributed by atoms with Crippen molar-refractivity contribution < 1.29 is 21.9 Å².